The van der Waals surface area contributed by atoms with Crippen molar-refractivity contribution in [3.8, 4) is 0 Å². The molecule has 0 bridgehead atoms. The number of carboxylic acid groups (broad SMARTS) is 1. The van der Waals surface area contributed by atoms with Gasteiger partial charge in [-0.15, -0.1) is 18.3 Å². The first-order valence-electron chi connectivity index (χ1n) is 5.62. The Hall–Kier alpha value is -1.95. The standard InChI is InChI=1S/C13H16N2O3S/c1-3-5-11(12(16)17)15-13(18)14-9-6-4-7-10(8-9)19-2/h3-4,6-8,11H,1,5H2,2H3,(H,16,17)(H2,14,15,18). The molecule has 0 saturated heterocycles. The lowest BCUT2D eigenvalue weighted by atomic mass is 10.2. The number of carbonyl (C=O) groups excluding carboxylic acids is 1. The molecule has 0 aliphatic rings. The van der Waals surface area contributed by atoms with E-state index in [1.54, 1.807) is 17.8 Å². The van der Waals surface area contributed by atoms with Gasteiger partial charge in [-0.05, 0) is 30.9 Å². The first-order valence-corrected chi connectivity index (χ1v) is 6.84. The van der Waals surface area contributed by atoms with Crippen LogP contribution in [0, 0.1) is 0 Å². The van der Waals surface area contributed by atoms with E-state index in [-0.39, 0.29) is 6.42 Å². The summed E-state index contributed by atoms with van der Waals surface area (Å²) in [5, 5.41) is 13.9. The molecule has 2 amide bonds. The molecule has 0 spiro atoms. The maximum atomic E-state index is 11.7. The Balaban J connectivity index is 2.63. The normalized spacial score (nSPS) is 11.4. The van der Waals surface area contributed by atoms with Gasteiger partial charge in [-0.3, -0.25) is 0 Å². The van der Waals surface area contributed by atoms with Crippen molar-refractivity contribution >= 4 is 29.4 Å². The number of hydrogen-bond acceptors (Lipinski definition) is 3. The summed E-state index contributed by atoms with van der Waals surface area (Å²) in [4.78, 5) is 23.6. The smallest absolute Gasteiger partial charge is 0.326 e. The molecular weight excluding hydrogens is 264 g/mol. The van der Waals surface area contributed by atoms with E-state index in [9.17, 15) is 9.59 Å². The van der Waals surface area contributed by atoms with Crippen molar-refractivity contribution in [1.82, 2.24) is 5.32 Å². The molecule has 5 nitrogen and oxygen atoms in total. The van der Waals surface area contributed by atoms with Crippen molar-refractivity contribution in [2.24, 2.45) is 0 Å². The highest BCUT2D eigenvalue weighted by atomic mass is 32.2. The van der Waals surface area contributed by atoms with Gasteiger partial charge >= 0.3 is 12.0 Å². The number of aliphatic carboxylic acids is 1. The van der Waals surface area contributed by atoms with Crippen LogP contribution in [0.3, 0.4) is 0 Å². The van der Waals surface area contributed by atoms with Crippen molar-refractivity contribution in [3.63, 3.8) is 0 Å². The van der Waals surface area contributed by atoms with E-state index in [2.05, 4.69) is 17.2 Å². The summed E-state index contributed by atoms with van der Waals surface area (Å²) in [6.45, 7) is 3.46. The Morgan fingerprint density at radius 1 is 1.53 bits per heavy atom. The minimum Gasteiger partial charge on any atom is -0.480 e. The highest BCUT2D eigenvalue weighted by Crippen LogP contribution is 2.18. The van der Waals surface area contributed by atoms with Gasteiger partial charge in [-0.2, -0.15) is 0 Å². The van der Waals surface area contributed by atoms with Crippen LogP contribution in [0.25, 0.3) is 0 Å². The molecule has 1 aromatic rings. The average Bonchev–Trinajstić information content (AvgIpc) is 2.38. The van der Waals surface area contributed by atoms with Gasteiger partial charge in [-0.1, -0.05) is 12.1 Å². The van der Waals surface area contributed by atoms with Crippen LogP contribution in [0.5, 0.6) is 0 Å². The highest BCUT2D eigenvalue weighted by molar-refractivity contribution is 7.98. The van der Waals surface area contributed by atoms with Crippen molar-refractivity contribution in [2.75, 3.05) is 11.6 Å². The molecule has 0 aliphatic carbocycles. The summed E-state index contributed by atoms with van der Waals surface area (Å²) in [6.07, 6.45) is 3.56. The Morgan fingerprint density at radius 2 is 2.26 bits per heavy atom. The van der Waals surface area contributed by atoms with Crippen LogP contribution >= 0.6 is 11.8 Å². The predicted octanol–water partition coefficient (Wildman–Crippen LogP) is 2.56. The molecule has 1 unspecified atom stereocenters. The van der Waals surface area contributed by atoms with Gasteiger partial charge in [0, 0.05) is 10.6 Å². The molecular formula is C13H16N2O3S. The zero-order valence-corrected chi connectivity index (χ0v) is 11.4. The molecule has 0 radical (unpaired) electrons. The third-order valence-electron chi connectivity index (χ3n) is 2.33. The first-order chi connectivity index (χ1) is 9.06. The van der Waals surface area contributed by atoms with Crippen LogP contribution < -0.4 is 10.6 Å². The second-order valence-electron chi connectivity index (χ2n) is 3.75. The third kappa shape index (κ3) is 5.05. The summed E-state index contributed by atoms with van der Waals surface area (Å²) < 4.78 is 0. The summed E-state index contributed by atoms with van der Waals surface area (Å²) >= 11 is 1.56. The van der Waals surface area contributed by atoms with E-state index in [0.717, 1.165) is 4.90 Å². The maximum Gasteiger partial charge on any atom is 0.326 e. The van der Waals surface area contributed by atoms with Crippen LogP contribution in [0.1, 0.15) is 6.42 Å². The van der Waals surface area contributed by atoms with E-state index in [0.29, 0.717) is 5.69 Å². The predicted molar refractivity (Wildman–Crippen MR) is 76.6 cm³/mol. The van der Waals surface area contributed by atoms with Gasteiger partial charge in [-0.25, -0.2) is 9.59 Å². The second kappa shape index (κ2) is 7.48. The molecule has 0 heterocycles. The Morgan fingerprint density at radius 3 is 2.84 bits per heavy atom. The fourth-order valence-electron chi connectivity index (χ4n) is 1.41. The van der Waals surface area contributed by atoms with Gasteiger partial charge < -0.3 is 15.7 Å². The van der Waals surface area contributed by atoms with Crippen LogP contribution in [0.2, 0.25) is 0 Å². The van der Waals surface area contributed by atoms with Crippen molar-refractivity contribution < 1.29 is 14.7 Å². The molecule has 19 heavy (non-hydrogen) atoms. The van der Waals surface area contributed by atoms with Crippen molar-refractivity contribution in [2.45, 2.75) is 17.4 Å². The fourth-order valence-corrected chi connectivity index (χ4v) is 1.87. The van der Waals surface area contributed by atoms with E-state index in [1.165, 1.54) is 6.08 Å². The molecule has 102 valence electrons. The number of hydrogen-bond donors (Lipinski definition) is 3. The molecule has 1 rings (SSSR count). The summed E-state index contributed by atoms with van der Waals surface area (Å²) in [7, 11) is 0. The Kier molecular flexibility index (Phi) is 5.95. The number of thioether (sulfide) groups is 1. The summed E-state index contributed by atoms with van der Waals surface area (Å²) in [5.41, 5.74) is 0.618. The number of benzene rings is 1. The number of rotatable bonds is 6. The lowest BCUT2D eigenvalue weighted by molar-refractivity contribution is -0.139. The second-order valence-corrected chi connectivity index (χ2v) is 4.63. The first kappa shape index (κ1) is 15.1. The summed E-state index contributed by atoms with van der Waals surface area (Å²) in [6, 6.07) is 5.77. The quantitative estimate of drug-likeness (QED) is 0.553. The topological polar surface area (TPSA) is 78.4 Å². The molecule has 0 saturated carbocycles. The zero-order chi connectivity index (χ0) is 14.3. The minimum absolute atomic E-state index is 0.174. The number of anilines is 1. The maximum absolute atomic E-state index is 11.7. The molecule has 6 heteroatoms. The number of carbonyl (C=O) groups is 2. The minimum atomic E-state index is -1.09. The highest BCUT2D eigenvalue weighted by Gasteiger charge is 2.18. The number of amides is 2. The zero-order valence-electron chi connectivity index (χ0n) is 10.6. The number of urea groups is 1. The van der Waals surface area contributed by atoms with E-state index < -0.39 is 18.0 Å². The Labute approximate surface area is 116 Å². The van der Waals surface area contributed by atoms with Crippen molar-refractivity contribution in [3.05, 3.63) is 36.9 Å². The van der Waals surface area contributed by atoms with E-state index >= 15 is 0 Å². The average molecular weight is 280 g/mol. The molecule has 0 aromatic heterocycles. The van der Waals surface area contributed by atoms with Crippen LogP contribution in [0.15, 0.2) is 41.8 Å². The molecule has 1 aromatic carbocycles. The lowest BCUT2D eigenvalue weighted by Crippen LogP contribution is -2.42. The van der Waals surface area contributed by atoms with Crippen molar-refractivity contribution in [1.29, 1.82) is 0 Å². The number of carboxylic acids is 1. The molecule has 1 atom stereocenters. The monoisotopic (exact) mass is 280 g/mol. The van der Waals surface area contributed by atoms with Gasteiger partial charge in [0.25, 0.3) is 0 Å². The summed E-state index contributed by atoms with van der Waals surface area (Å²) in [5.74, 6) is -1.09. The SMILES string of the molecule is C=CCC(NC(=O)Nc1cccc(SC)c1)C(=O)O. The Bertz CT molecular complexity index is 477. The third-order valence-corrected chi connectivity index (χ3v) is 3.06. The number of nitrogens with one attached hydrogen (secondary N) is 2. The van der Waals surface area contributed by atoms with Gasteiger partial charge in [0.15, 0.2) is 0 Å². The van der Waals surface area contributed by atoms with Crippen LogP contribution in [-0.4, -0.2) is 29.4 Å². The van der Waals surface area contributed by atoms with E-state index in [1.807, 2.05) is 24.5 Å². The van der Waals surface area contributed by atoms with Gasteiger partial charge in [0.05, 0.1) is 0 Å². The largest absolute Gasteiger partial charge is 0.480 e. The molecule has 0 aliphatic heterocycles. The molecule has 0 fully saturated rings. The lowest BCUT2D eigenvalue weighted by Gasteiger charge is -2.13. The fraction of sp³-hybridized carbons (Fsp3) is 0.231. The van der Waals surface area contributed by atoms with Gasteiger partial charge in [0.2, 0.25) is 0 Å². The van der Waals surface area contributed by atoms with Crippen LogP contribution in [0.4, 0.5) is 10.5 Å². The van der Waals surface area contributed by atoms with Crippen LogP contribution in [-0.2, 0) is 4.79 Å². The molecule has 3 N–H and O–H groups in total. The van der Waals surface area contributed by atoms with E-state index in [4.69, 9.17) is 5.11 Å². The van der Waals surface area contributed by atoms with Gasteiger partial charge in [0.1, 0.15) is 6.04 Å².